The first-order chi connectivity index (χ1) is 10.0. The molecule has 0 bridgehead atoms. The minimum absolute atomic E-state index is 0.357. The molecule has 21 heavy (non-hydrogen) atoms. The lowest BCUT2D eigenvalue weighted by Gasteiger charge is -2.06. The molecule has 0 fully saturated rings. The van der Waals surface area contributed by atoms with E-state index in [4.69, 9.17) is 4.42 Å². The number of nitrogens with zero attached hydrogens (tertiary/aromatic N) is 1. The highest BCUT2D eigenvalue weighted by Gasteiger charge is 2.34. The van der Waals surface area contributed by atoms with Crippen molar-refractivity contribution >= 4 is 17.2 Å². The van der Waals surface area contributed by atoms with E-state index in [2.05, 4.69) is 4.98 Å². The van der Waals surface area contributed by atoms with Gasteiger partial charge in [0.1, 0.15) is 5.52 Å². The zero-order chi connectivity index (χ0) is 14.9. The molecule has 2 nitrogen and oxygen atoms in total. The van der Waals surface area contributed by atoms with E-state index in [1.165, 1.54) is 6.08 Å². The van der Waals surface area contributed by atoms with E-state index in [1.807, 2.05) is 19.1 Å². The van der Waals surface area contributed by atoms with E-state index < -0.39 is 11.8 Å². The number of aryl methyl sites for hydroxylation is 1. The van der Waals surface area contributed by atoms with Crippen LogP contribution in [0.5, 0.6) is 0 Å². The maximum Gasteiger partial charge on any atom is 0.341 e. The van der Waals surface area contributed by atoms with Gasteiger partial charge in [0, 0.05) is 0 Å². The molecule has 0 aliphatic heterocycles. The van der Waals surface area contributed by atoms with Crippen LogP contribution in [0.4, 0.5) is 8.78 Å². The number of hydrogen-bond acceptors (Lipinski definition) is 2. The Morgan fingerprint density at radius 2 is 1.76 bits per heavy atom. The summed E-state index contributed by atoms with van der Waals surface area (Å²) in [6, 6.07) is 14.0. The van der Waals surface area contributed by atoms with Gasteiger partial charge in [0.25, 0.3) is 5.89 Å². The van der Waals surface area contributed by atoms with Gasteiger partial charge in [-0.2, -0.15) is 8.78 Å². The van der Waals surface area contributed by atoms with Gasteiger partial charge in [-0.05, 0) is 30.7 Å². The van der Waals surface area contributed by atoms with Crippen molar-refractivity contribution in [1.29, 1.82) is 0 Å². The van der Waals surface area contributed by atoms with E-state index in [1.54, 1.807) is 36.4 Å². The van der Waals surface area contributed by atoms with Crippen LogP contribution in [0.3, 0.4) is 0 Å². The number of aromatic nitrogens is 1. The Bertz CT molecular complexity index is 755. The number of allylic oxidation sites excluding steroid dienone is 1. The van der Waals surface area contributed by atoms with Crippen LogP contribution >= 0.6 is 0 Å². The second-order valence-corrected chi connectivity index (χ2v) is 4.85. The molecule has 0 amide bonds. The molecular formula is C17H13F2NO. The summed E-state index contributed by atoms with van der Waals surface area (Å²) in [6.07, 6.45) is 2.18. The van der Waals surface area contributed by atoms with E-state index in [9.17, 15) is 8.78 Å². The average molecular weight is 285 g/mol. The van der Waals surface area contributed by atoms with Crippen LogP contribution in [0, 0.1) is 6.92 Å². The Balaban J connectivity index is 1.90. The second-order valence-electron chi connectivity index (χ2n) is 4.85. The minimum atomic E-state index is -3.25. The van der Waals surface area contributed by atoms with Gasteiger partial charge in [0.2, 0.25) is 0 Å². The van der Waals surface area contributed by atoms with Gasteiger partial charge >= 0.3 is 5.92 Å². The number of hydrogen-bond donors (Lipinski definition) is 0. The summed E-state index contributed by atoms with van der Waals surface area (Å²) in [7, 11) is 0. The van der Waals surface area contributed by atoms with Crippen molar-refractivity contribution < 1.29 is 13.2 Å². The molecule has 106 valence electrons. The first kappa shape index (κ1) is 13.5. The summed E-state index contributed by atoms with van der Waals surface area (Å²) in [4.78, 5) is 3.84. The Morgan fingerprint density at radius 3 is 2.48 bits per heavy atom. The third-order valence-electron chi connectivity index (χ3n) is 3.14. The summed E-state index contributed by atoms with van der Waals surface area (Å²) in [5.74, 6) is -3.84. The van der Waals surface area contributed by atoms with Gasteiger partial charge < -0.3 is 4.42 Å². The summed E-state index contributed by atoms with van der Waals surface area (Å²) in [6.45, 7) is 1.94. The van der Waals surface area contributed by atoms with Gasteiger partial charge in [-0.15, -0.1) is 0 Å². The molecule has 0 unspecified atom stereocenters. The van der Waals surface area contributed by atoms with Gasteiger partial charge in [0.05, 0.1) is 0 Å². The predicted molar refractivity (Wildman–Crippen MR) is 78.1 cm³/mol. The molecule has 2 aromatic carbocycles. The van der Waals surface area contributed by atoms with E-state index in [-0.39, 0.29) is 0 Å². The second kappa shape index (κ2) is 5.13. The smallest absolute Gasteiger partial charge is 0.341 e. The van der Waals surface area contributed by atoms with Crippen molar-refractivity contribution in [3.63, 3.8) is 0 Å². The fraction of sp³-hybridized carbons (Fsp3) is 0.118. The molecule has 1 heterocycles. The third-order valence-corrected chi connectivity index (χ3v) is 3.14. The zero-order valence-electron chi connectivity index (χ0n) is 11.4. The fourth-order valence-corrected chi connectivity index (χ4v) is 1.96. The molecule has 3 aromatic rings. The number of oxazole rings is 1. The van der Waals surface area contributed by atoms with Crippen molar-refractivity contribution in [3.05, 3.63) is 71.6 Å². The standard InChI is InChI=1S/C17H13F2NO/c1-12-6-8-13(9-7-12)10-11-17(18,19)16-20-14-4-2-3-5-15(14)21-16/h2-11H,1H3/b11-10+. The average Bonchev–Trinajstić information content (AvgIpc) is 2.91. The first-order valence-electron chi connectivity index (χ1n) is 6.54. The third kappa shape index (κ3) is 2.84. The molecule has 3 rings (SSSR count). The summed E-state index contributed by atoms with van der Waals surface area (Å²) >= 11 is 0. The predicted octanol–water partition coefficient (Wildman–Crippen LogP) is 4.94. The normalized spacial score (nSPS) is 12.3. The van der Waals surface area contributed by atoms with Gasteiger partial charge in [-0.1, -0.05) is 48.0 Å². The molecule has 1 aromatic heterocycles. The highest BCUT2D eigenvalue weighted by Crippen LogP contribution is 2.32. The largest absolute Gasteiger partial charge is 0.435 e. The lowest BCUT2D eigenvalue weighted by molar-refractivity contribution is 0.0243. The molecule has 0 atom stereocenters. The Morgan fingerprint density at radius 1 is 1.05 bits per heavy atom. The molecule has 4 heteroatoms. The first-order valence-corrected chi connectivity index (χ1v) is 6.54. The van der Waals surface area contributed by atoms with Crippen LogP contribution < -0.4 is 0 Å². The van der Waals surface area contributed by atoms with E-state index in [0.29, 0.717) is 16.7 Å². The molecule has 0 aliphatic rings. The molecular weight excluding hydrogens is 272 g/mol. The number of alkyl halides is 2. The van der Waals surface area contributed by atoms with Crippen molar-refractivity contribution in [2.45, 2.75) is 12.8 Å². The van der Waals surface area contributed by atoms with Crippen molar-refractivity contribution in [2.24, 2.45) is 0 Å². The van der Waals surface area contributed by atoms with Crippen LogP contribution in [0.1, 0.15) is 17.0 Å². The summed E-state index contributed by atoms with van der Waals surface area (Å²) < 4.78 is 33.4. The monoisotopic (exact) mass is 285 g/mol. The Hall–Kier alpha value is -2.49. The van der Waals surface area contributed by atoms with E-state index in [0.717, 1.165) is 11.6 Å². The number of benzene rings is 2. The highest BCUT2D eigenvalue weighted by molar-refractivity contribution is 5.72. The molecule has 0 N–H and O–H groups in total. The van der Waals surface area contributed by atoms with Crippen LogP contribution in [-0.2, 0) is 5.92 Å². The van der Waals surface area contributed by atoms with Crippen molar-refractivity contribution in [1.82, 2.24) is 4.98 Å². The maximum atomic E-state index is 14.1. The van der Waals surface area contributed by atoms with Crippen LogP contribution in [0.2, 0.25) is 0 Å². The Labute approximate surface area is 120 Å². The molecule has 0 saturated heterocycles. The number of halogens is 2. The quantitative estimate of drug-likeness (QED) is 0.681. The molecule has 0 spiro atoms. The maximum absolute atomic E-state index is 14.1. The zero-order valence-corrected chi connectivity index (χ0v) is 11.4. The van der Waals surface area contributed by atoms with Gasteiger partial charge in [-0.25, -0.2) is 4.98 Å². The minimum Gasteiger partial charge on any atom is -0.435 e. The highest BCUT2D eigenvalue weighted by atomic mass is 19.3. The fourth-order valence-electron chi connectivity index (χ4n) is 1.96. The SMILES string of the molecule is Cc1ccc(/C=C/C(F)(F)c2nc3ccccc3o2)cc1. The van der Waals surface area contributed by atoms with Crippen molar-refractivity contribution in [3.8, 4) is 0 Å². The lowest BCUT2D eigenvalue weighted by Crippen LogP contribution is -2.09. The Kier molecular flexibility index (Phi) is 3.29. The number of fused-ring (bicyclic) bond motifs is 1. The van der Waals surface area contributed by atoms with Gasteiger partial charge in [-0.3, -0.25) is 0 Å². The molecule has 0 aliphatic carbocycles. The summed E-state index contributed by atoms with van der Waals surface area (Å²) in [5, 5.41) is 0. The van der Waals surface area contributed by atoms with Crippen LogP contribution in [0.15, 0.2) is 59.0 Å². The number of para-hydroxylation sites is 2. The van der Waals surface area contributed by atoms with Crippen molar-refractivity contribution in [2.75, 3.05) is 0 Å². The van der Waals surface area contributed by atoms with E-state index >= 15 is 0 Å². The summed E-state index contributed by atoms with van der Waals surface area (Å²) in [5.41, 5.74) is 2.57. The number of rotatable bonds is 3. The van der Waals surface area contributed by atoms with Crippen LogP contribution in [-0.4, -0.2) is 4.98 Å². The molecule has 0 radical (unpaired) electrons. The lowest BCUT2D eigenvalue weighted by atomic mass is 10.1. The van der Waals surface area contributed by atoms with Crippen LogP contribution in [0.25, 0.3) is 17.2 Å². The van der Waals surface area contributed by atoms with Gasteiger partial charge in [0.15, 0.2) is 5.58 Å². The molecule has 0 saturated carbocycles. The topological polar surface area (TPSA) is 26.0 Å².